The topological polar surface area (TPSA) is 64.7 Å². The normalized spacial score (nSPS) is 12.4. The summed E-state index contributed by atoms with van der Waals surface area (Å²) >= 11 is 1.13. The van der Waals surface area contributed by atoms with Gasteiger partial charge in [-0.05, 0) is 29.5 Å². The van der Waals surface area contributed by atoms with Crippen molar-refractivity contribution < 1.29 is 13.2 Å². The molecule has 2 heterocycles. The minimum absolute atomic E-state index is 0.0173. The molecule has 2 rings (SSSR count). The van der Waals surface area contributed by atoms with E-state index in [-0.39, 0.29) is 16.4 Å². The van der Waals surface area contributed by atoms with E-state index in [0.29, 0.717) is 12.2 Å². The summed E-state index contributed by atoms with van der Waals surface area (Å²) in [5, 5.41) is 0.0225. The molecule has 130 valence electrons. The number of nitrogens with zero attached hydrogens (tertiary/aromatic N) is 3. The van der Waals surface area contributed by atoms with E-state index in [4.69, 9.17) is 5.73 Å². The van der Waals surface area contributed by atoms with Gasteiger partial charge in [-0.2, -0.15) is 13.2 Å². The van der Waals surface area contributed by atoms with Crippen LogP contribution in [-0.2, 0) is 18.0 Å². The maximum atomic E-state index is 12.7. The predicted octanol–water partition coefficient (Wildman–Crippen LogP) is 4.10. The number of nitrogens with two attached hydrogens (primary N) is 1. The molecule has 4 nitrogen and oxygen atoms in total. The number of aryl methyl sites for hydroxylation is 1. The molecule has 0 saturated carbocycles. The highest BCUT2D eigenvalue weighted by atomic mass is 32.2. The predicted molar refractivity (Wildman–Crippen MR) is 88.8 cm³/mol. The first kappa shape index (κ1) is 18.5. The summed E-state index contributed by atoms with van der Waals surface area (Å²) < 4.78 is 38.2. The number of aromatic nitrogens is 3. The minimum atomic E-state index is -4.53. The minimum Gasteiger partial charge on any atom is -0.384 e. The summed E-state index contributed by atoms with van der Waals surface area (Å²) in [5.74, 6) is 0.328. The van der Waals surface area contributed by atoms with Crippen molar-refractivity contribution in [3.8, 4) is 0 Å². The lowest BCUT2D eigenvalue weighted by atomic mass is 9.87. The molecule has 2 N–H and O–H groups in total. The average Bonchev–Trinajstić information content (AvgIpc) is 2.45. The van der Waals surface area contributed by atoms with E-state index in [1.165, 1.54) is 0 Å². The molecule has 0 bridgehead atoms. The van der Waals surface area contributed by atoms with Crippen molar-refractivity contribution in [2.24, 2.45) is 0 Å². The van der Waals surface area contributed by atoms with Gasteiger partial charge in [0.05, 0.1) is 0 Å². The number of hydrogen-bond donors (Lipinski definition) is 1. The molecule has 0 fully saturated rings. The molecule has 0 radical (unpaired) electrons. The van der Waals surface area contributed by atoms with Gasteiger partial charge in [0.15, 0.2) is 10.9 Å². The molecular weight excluding hydrogens is 337 g/mol. The van der Waals surface area contributed by atoms with Gasteiger partial charge in [0.25, 0.3) is 0 Å². The highest BCUT2D eigenvalue weighted by Crippen LogP contribution is 2.30. The van der Waals surface area contributed by atoms with Crippen LogP contribution in [0.1, 0.15) is 37.7 Å². The first-order chi connectivity index (χ1) is 11.1. The largest absolute Gasteiger partial charge is 0.433 e. The van der Waals surface area contributed by atoms with Crippen molar-refractivity contribution in [3.63, 3.8) is 0 Å². The first-order valence-electron chi connectivity index (χ1n) is 7.35. The molecule has 0 aliphatic rings. The van der Waals surface area contributed by atoms with Gasteiger partial charge in [0.2, 0.25) is 0 Å². The fourth-order valence-electron chi connectivity index (χ4n) is 1.98. The van der Waals surface area contributed by atoms with E-state index in [1.807, 2.05) is 12.1 Å². The molecular formula is C16H19F3N4S. The highest BCUT2D eigenvalue weighted by Gasteiger charge is 2.33. The molecule has 0 saturated heterocycles. The van der Waals surface area contributed by atoms with Crippen LogP contribution in [0.2, 0.25) is 0 Å². The number of alkyl halides is 3. The Kier molecular flexibility index (Phi) is 5.37. The van der Waals surface area contributed by atoms with Gasteiger partial charge in [-0.25, -0.2) is 9.97 Å². The number of hydrogen-bond acceptors (Lipinski definition) is 5. The van der Waals surface area contributed by atoms with Crippen molar-refractivity contribution in [3.05, 3.63) is 41.3 Å². The molecule has 0 aliphatic heterocycles. The van der Waals surface area contributed by atoms with Crippen molar-refractivity contribution >= 4 is 17.6 Å². The van der Waals surface area contributed by atoms with E-state index >= 15 is 0 Å². The third-order valence-corrected chi connectivity index (χ3v) is 4.14. The Morgan fingerprint density at radius 3 is 2.46 bits per heavy atom. The second-order valence-electron chi connectivity index (χ2n) is 6.34. The summed E-state index contributed by atoms with van der Waals surface area (Å²) in [7, 11) is 0. The number of rotatable bonds is 4. The number of pyridine rings is 1. The van der Waals surface area contributed by atoms with Gasteiger partial charge in [0.1, 0.15) is 5.82 Å². The fraction of sp³-hybridized carbons (Fsp3) is 0.438. The van der Waals surface area contributed by atoms with E-state index in [2.05, 4.69) is 35.7 Å². The van der Waals surface area contributed by atoms with E-state index in [0.717, 1.165) is 29.1 Å². The molecule has 24 heavy (non-hydrogen) atoms. The summed E-state index contributed by atoms with van der Waals surface area (Å²) in [5.41, 5.74) is 6.47. The lowest BCUT2D eigenvalue weighted by molar-refractivity contribution is -0.141. The van der Waals surface area contributed by atoms with Gasteiger partial charge in [-0.15, -0.1) is 0 Å². The smallest absolute Gasteiger partial charge is 0.384 e. The number of anilines is 1. The zero-order valence-electron chi connectivity index (χ0n) is 13.7. The standard InChI is InChI=1S/C16H19F3N4S/c1-15(2,3)10-4-6-21-11(8-10)5-7-24-14-22-12(16(17,18)19)9-13(20)23-14/h4,6,8-9H,5,7H2,1-3H3,(H2,20,22,23). The molecule has 0 aromatic carbocycles. The summed E-state index contributed by atoms with van der Waals surface area (Å²) in [6.07, 6.45) is -2.18. The van der Waals surface area contributed by atoms with Crippen LogP contribution in [0.5, 0.6) is 0 Å². The van der Waals surface area contributed by atoms with Gasteiger partial charge in [-0.3, -0.25) is 4.98 Å². The maximum Gasteiger partial charge on any atom is 0.433 e. The van der Waals surface area contributed by atoms with Gasteiger partial charge in [-0.1, -0.05) is 32.5 Å². The molecule has 2 aromatic rings. The van der Waals surface area contributed by atoms with Crippen LogP contribution in [0, 0.1) is 0 Å². The third-order valence-electron chi connectivity index (χ3n) is 3.29. The zero-order chi connectivity index (χ0) is 18.0. The van der Waals surface area contributed by atoms with Gasteiger partial charge < -0.3 is 5.73 Å². The first-order valence-corrected chi connectivity index (χ1v) is 8.34. The summed E-state index contributed by atoms with van der Waals surface area (Å²) in [6, 6.07) is 4.72. The van der Waals surface area contributed by atoms with Gasteiger partial charge in [0, 0.05) is 23.7 Å². The van der Waals surface area contributed by atoms with Crippen molar-refractivity contribution in [1.29, 1.82) is 0 Å². The van der Waals surface area contributed by atoms with Crippen LogP contribution in [0.3, 0.4) is 0 Å². The molecule has 2 aromatic heterocycles. The second-order valence-corrected chi connectivity index (χ2v) is 7.40. The van der Waals surface area contributed by atoms with Crippen LogP contribution in [0.25, 0.3) is 0 Å². The Bertz CT molecular complexity index is 711. The van der Waals surface area contributed by atoms with Crippen molar-refractivity contribution in [2.75, 3.05) is 11.5 Å². The van der Waals surface area contributed by atoms with Crippen molar-refractivity contribution in [2.45, 2.75) is 43.9 Å². The van der Waals surface area contributed by atoms with Crippen LogP contribution in [0.4, 0.5) is 19.0 Å². The lowest BCUT2D eigenvalue weighted by Gasteiger charge is -2.19. The van der Waals surface area contributed by atoms with Gasteiger partial charge >= 0.3 is 6.18 Å². The maximum absolute atomic E-state index is 12.7. The molecule has 0 atom stereocenters. The summed E-state index contributed by atoms with van der Waals surface area (Å²) in [6.45, 7) is 6.33. The molecule has 0 unspecified atom stereocenters. The molecule has 0 amide bonds. The molecule has 0 aliphatic carbocycles. The van der Waals surface area contributed by atoms with Crippen LogP contribution in [0.15, 0.2) is 29.6 Å². The Balaban J connectivity index is 2.04. The van der Waals surface area contributed by atoms with Crippen LogP contribution >= 0.6 is 11.8 Å². The SMILES string of the molecule is CC(C)(C)c1ccnc(CCSc2nc(N)cc(C(F)(F)F)n2)c1. The fourth-order valence-corrected chi connectivity index (χ4v) is 2.81. The van der Waals surface area contributed by atoms with E-state index < -0.39 is 11.9 Å². The van der Waals surface area contributed by atoms with Crippen LogP contribution < -0.4 is 5.73 Å². The Labute approximate surface area is 143 Å². The van der Waals surface area contributed by atoms with Crippen LogP contribution in [-0.4, -0.2) is 20.7 Å². The zero-order valence-corrected chi connectivity index (χ0v) is 14.5. The van der Waals surface area contributed by atoms with Crippen molar-refractivity contribution in [1.82, 2.24) is 15.0 Å². The number of thioether (sulfide) groups is 1. The van der Waals surface area contributed by atoms with E-state index in [1.54, 1.807) is 6.20 Å². The summed E-state index contributed by atoms with van der Waals surface area (Å²) in [4.78, 5) is 11.7. The Hall–Kier alpha value is -1.83. The monoisotopic (exact) mass is 356 g/mol. The quantitative estimate of drug-likeness (QED) is 0.660. The number of halogens is 3. The molecule has 0 spiro atoms. The Morgan fingerprint density at radius 1 is 1.12 bits per heavy atom. The van der Waals surface area contributed by atoms with E-state index in [9.17, 15) is 13.2 Å². The third kappa shape index (κ3) is 5.09. The highest BCUT2D eigenvalue weighted by molar-refractivity contribution is 7.99. The number of nitrogen functional groups attached to an aromatic ring is 1. The lowest BCUT2D eigenvalue weighted by Crippen LogP contribution is -2.12. The Morgan fingerprint density at radius 2 is 1.83 bits per heavy atom. The second kappa shape index (κ2) is 6.96. The average molecular weight is 356 g/mol. The molecule has 8 heteroatoms.